The highest BCUT2D eigenvalue weighted by Crippen LogP contribution is 2.32. The van der Waals surface area contributed by atoms with Crippen molar-refractivity contribution in [3.05, 3.63) is 88.8 Å². The Morgan fingerprint density at radius 2 is 1.55 bits per heavy atom. The summed E-state index contributed by atoms with van der Waals surface area (Å²) in [6, 6.07) is 21.0. The molecule has 0 unspecified atom stereocenters. The van der Waals surface area contributed by atoms with Gasteiger partial charge in [-0.05, 0) is 66.2 Å². The van der Waals surface area contributed by atoms with Crippen LogP contribution in [0.5, 0.6) is 11.5 Å². The van der Waals surface area contributed by atoms with Crippen LogP contribution in [0, 0.1) is 6.92 Å². The third kappa shape index (κ3) is 6.60. The second kappa shape index (κ2) is 12.1. The molecule has 0 atom stereocenters. The summed E-state index contributed by atoms with van der Waals surface area (Å²) in [5.41, 5.74) is 2.70. The van der Waals surface area contributed by atoms with Gasteiger partial charge in [0.1, 0.15) is 18.0 Å². The van der Waals surface area contributed by atoms with Crippen LogP contribution in [0.4, 0.5) is 16.2 Å². The number of nitrogens with one attached hydrogen (secondary N) is 2. The molecule has 1 fully saturated rings. The van der Waals surface area contributed by atoms with Gasteiger partial charge in [-0.3, -0.25) is 24.1 Å². The third-order valence-electron chi connectivity index (χ3n) is 5.52. The van der Waals surface area contributed by atoms with Crippen molar-refractivity contribution in [2.75, 3.05) is 30.9 Å². The number of carbonyl (C=O) groups excluding carboxylic acids is 4. The predicted octanol–water partition coefficient (Wildman–Crippen LogP) is 4.70. The highest BCUT2D eigenvalue weighted by atomic mass is 32.2. The van der Waals surface area contributed by atoms with E-state index >= 15 is 0 Å². The molecule has 0 aliphatic carbocycles. The van der Waals surface area contributed by atoms with E-state index in [0.717, 1.165) is 22.2 Å². The number of benzene rings is 3. The zero-order chi connectivity index (χ0) is 27.1. The molecule has 4 rings (SSSR count). The minimum absolute atomic E-state index is 0.207. The van der Waals surface area contributed by atoms with Gasteiger partial charge in [0, 0.05) is 5.69 Å². The largest absolute Gasteiger partial charge is 0.495 e. The number of imide groups is 1. The SMILES string of the molecule is COc1ccccc1NC(=O)COc1ccc(/C=C2\SC(=O)N(CC(=O)Nc3ccccc3C)C2=O)cc1. The van der Waals surface area contributed by atoms with E-state index < -0.39 is 17.1 Å². The van der Waals surface area contributed by atoms with Crippen molar-refractivity contribution in [2.24, 2.45) is 0 Å². The quantitative estimate of drug-likeness (QED) is 0.385. The van der Waals surface area contributed by atoms with Crippen LogP contribution in [0.1, 0.15) is 11.1 Å². The molecular weight excluding hydrogens is 506 g/mol. The topological polar surface area (TPSA) is 114 Å². The molecule has 0 aromatic heterocycles. The lowest BCUT2D eigenvalue weighted by atomic mass is 10.2. The highest BCUT2D eigenvalue weighted by molar-refractivity contribution is 8.18. The van der Waals surface area contributed by atoms with E-state index in [9.17, 15) is 19.2 Å². The minimum Gasteiger partial charge on any atom is -0.495 e. The number of hydrogen-bond donors (Lipinski definition) is 2. The van der Waals surface area contributed by atoms with Crippen molar-refractivity contribution in [3.63, 3.8) is 0 Å². The first-order valence-corrected chi connectivity index (χ1v) is 12.4. The molecule has 2 N–H and O–H groups in total. The lowest BCUT2D eigenvalue weighted by Gasteiger charge is -2.13. The molecule has 4 amide bonds. The summed E-state index contributed by atoms with van der Waals surface area (Å²) in [5.74, 6) is -0.342. The fourth-order valence-electron chi connectivity index (χ4n) is 3.58. The number of amides is 4. The molecule has 1 heterocycles. The Morgan fingerprint density at radius 3 is 2.26 bits per heavy atom. The number of carbonyl (C=O) groups is 4. The van der Waals surface area contributed by atoms with Crippen molar-refractivity contribution in [1.82, 2.24) is 4.90 Å². The maximum atomic E-state index is 12.8. The van der Waals surface area contributed by atoms with Crippen LogP contribution in [0.15, 0.2) is 77.7 Å². The molecule has 0 spiro atoms. The number of aryl methyl sites for hydroxylation is 1. The number of rotatable bonds is 9. The first-order valence-electron chi connectivity index (χ1n) is 11.6. The summed E-state index contributed by atoms with van der Waals surface area (Å²) < 4.78 is 10.8. The van der Waals surface area contributed by atoms with Crippen molar-refractivity contribution in [1.29, 1.82) is 0 Å². The summed E-state index contributed by atoms with van der Waals surface area (Å²) in [4.78, 5) is 51.0. The number of thioether (sulfide) groups is 1. The fraction of sp³-hybridized carbons (Fsp3) is 0.143. The van der Waals surface area contributed by atoms with Crippen molar-refractivity contribution >= 4 is 52.2 Å². The Kier molecular flexibility index (Phi) is 8.44. The van der Waals surface area contributed by atoms with Crippen molar-refractivity contribution in [2.45, 2.75) is 6.92 Å². The van der Waals surface area contributed by atoms with Crippen LogP contribution < -0.4 is 20.1 Å². The van der Waals surface area contributed by atoms with E-state index in [1.54, 1.807) is 66.7 Å². The maximum Gasteiger partial charge on any atom is 0.294 e. The van der Waals surface area contributed by atoms with E-state index in [0.29, 0.717) is 28.4 Å². The number of hydrogen-bond acceptors (Lipinski definition) is 7. The Morgan fingerprint density at radius 1 is 0.895 bits per heavy atom. The van der Waals surface area contributed by atoms with Gasteiger partial charge >= 0.3 is 0 Å². The highest BCUT2D eigenvalue weighted by Gasteiger charge is 2.36. The lowest BCUT2D eigenvalue weighted by molar-refractivity contribution is -0.127. The van der Waals surface area contributed by atoms with Gasteiger partial charge < -0.3 is 20.1 Å². The molecule has 0 bridgehead atoms. The molecule has 194 valence electrons. The number of nitrogens with zero attached hydrogens (tertiary/aromatic N) is 1. The van der Waals surface area contributed by atoms with Gasteiger partial charge in [-0.1, -0.05) is 42.5 Å². The number of ether oxygens (including phenoxy) is 2. The summed E-state index contributed by atoms with van der Waals surface area (Å²) in [7, 11) is 1.52. The van der Waals surface area contributed by atoms with E-state index in [-0.39, 0.29) is 24.0 Å². The molecule has 1 aliphatic rings. The second-order valence-electron chi connectivity index (χ2n) is 8.24. The second-order valence-corrected chi connectivity index (χ2v) is 9.23. The van der Waals surface area contributed by atoms with E-state index in [2.05, 4.69) is 10.6 Å². The molecule has 0 saturated carbocycles. The Bertz CT molecular complexity index is 1400. The van der Waals surface area contributed by atoms with Crippen LogP contribution in [0.3, 0.4) is 0 Å². The zero-order valence-electron chi connectivity index (χ0n) is 20.7. The Hall–Kier alpha value is -4.57. The van der Waals surface area contributed by atoms with E-state index in [1.165, 1.54) is 7.11 Å². The van der Waals surface area contributed by atoms with Gasteiger partial charge in [0.25, 0.3) is 17.1 Å². The standard InChI is InChI=1S/C28H25N3O6S/c1-18-7-3-4-8-21(18)29-25(32)16-31-27(34)24(38-28(31)35)15-19-11-13-20(14-12-19)37-17-26(33)30-22-9-5-6-10-23(22)36-2/h3-15H,16-17H2,1-2H3,(H,29,32)(H,30,33)/b24-15-. The van der Waals surface area contributed by atoms with Gasteiger partial charge in [0.05, 0.1) is 17.7 Å². The molecule has 3 aromatic carbocycles. The number of methoxy groups -OCH3 is 1. The van der Waals surface area contributed by atoms with Gasteiger partial charge in [-0.25, -0.2) is 0 Å². The summed E-state index contributed by atoms with van der Waals surface area (Å²) in [5, 5.41) is 4.94. The molecule has 0 radical (unpaired) electrons. The van der Waals surface area contributed by atoms with Gasteiger partial charge in [0.2, 0.25) is 5.91 Å². The predicted molar refractivity (Wildman–Crippen MR) is 146 cm³/mol. The minimum atomic E-state index is -0.534. The van der Waals surface area contributed by atoms with Crippen LogP contribution in [-0.4, -0.2) is 48.1 Å². The van der Waals surface area contributed by atoms with Crippen molar-refractivity contribution < 1.29 is 28.7 Å². The van der Waals surface area contributed by atoms with Gasteiger partial charge in [-0.2, -0.15) is 0 Å². The fourth-order valence-corrected chi connectivity index (χ4v) is 4.42. The number of anilines is 2. The molecule has 3 aromatic rings. The molecule has 1 saturated heterocycles. The average Bonchev–Trinajstić information content (AvgIpc) is 3.17. The van der Waals surface area contributed by atoms with Gasteiger partial charge in [0.15, 0.2) is 6.61 Å². The zero-order valence-corrected chi connectivity index (χ0v) is 21.5. The summed E-state index contributed by atoms with van der Waals surface area (Å²) in [6.45, 7) is 1.27. The molecular formula is C28H25N3O6S. The Balaban J connectivity index is 1.31. The number of para-hydroxylation sites is 3. The Labute approximate surface area is 223 Å². The molecule has 1 aliphatic heterocycles. The lowest BCUT2D eigenvalue weighted by Crippen LogP contribution is -2.36. The first-order chi connectivity index (χ1) is 18.3. The molecule has 10 heteroatoms. The van der Waals surface area contributed by atoms with E-state index in [1.807, 2.05) is 19.1 Å². The van der Waals surface area contributed by atoms with Crippen LogP contribution in [0.2, 0.25) is 0 Å². The molecule has 38 heavy (non-hydrogen) atoms. The van der Waals surface area contributed by atoms with Gasteiger partial charge in [-0.15, -0.1) is 0 Å². The normalized spacial score (nSPS) is 13.9. The molecule has 9 nitrogen and oxygen atoms in total. The smallest absolute Gasteiger partial charge is 0.294 e. The van der Waals surface area contributed by atoms with Crippen LogP contribution in [0.25, 0.3) is 6.08 Å². The first kappa shape index (κ1) is 26.5. The van der Waals surface area contributed by atoms with Crippen LogP contribution in [-0.2, 0) is 14.4 Å². The summed E-state index contributed by atoms with van der Waals surface area (Å²) >= 11 is 0.774. The monoisotopic (exact) mass is 531 g/mol. The third-order valence-corrected chi connectivity index (χ3v) is 6.43. The maximum absolute atomic E-state index is 12.8. The van der Waals surface area contributed by atoms with Crippen molar-refractivity contribution in [3.8, 4) is 11.5 Å². The van der Waals surface area contributed by atoms with E-state index in [4.69, 9.17) is 9.47 Å². The average molecular weight is 532 g/mol. The summed E-state index contributed by atoms with van der Waals surface area (Å²) in [6.07, 6.45) is 1.57. The van der Waals surface area contributed by atoms with Crippen LogP contribution >= 0.6 is 11.8 Å².